The second-order valence-corrected chi connectivity index (χ2v) is 4.52. The number of nitrogens with zero attached hydrogens (tertiary/aromatic N) is 2. The van der Waals surface area contributed by atoms with E-state index >= 15 is 0 Å². The van der Waals surface area contributed by atoms with E-state index in [1.54, 1.807) is 54.8 Å². The normalized spacial score (nSPS) is 11.6. The Morgan fingerprint density at radius 3 is 2.89 bits per heavy atom. The van der Waals surface area contributed by atoms with Gasteiger partial charge < -0.3 is 14.0 Å². The van der Waals surface area contributed by atoms with Crippen LogP contribution in [0.3, 0.4) is 0 Å². The molecule has 2 aromatic rings. The summed E-state index contributed by atoms with van der Waals surface area (Å²) in [6, 6.07) is 5.21. The number of halogens is 2. The molecule has 0 spiro atoms. The maximum Gasteiger partial charge on any atom is 0.188 e. The highest BCUT2D eigenvalue weighted by Crippen LogP contribution is 2.28. The highest BCUT2D eigenvalue weighted by Gasteiger charge is 2.09. The Balaban J connectivity index is 2.36. The van der Waals surface area contributed by atoms with Crippen molar-refractivity contribution < 1.29 is 9.47 Å². The predicted octanol–water partition coefficient (Wildman–Crippen LogP) is 3.77. The zero-order valence-corrected chi connectivity index (χ0v) is 11.7. The molecule has 0 saturated carbocycles. The van der Waals surface area contributed by atoms with Crippen LogP contribution in [0.4, 0.5) is 0 Å². The summed E-state index contributed by atoms with van der Waals surface area (Å²) < 4.78 is 12.2. The summed E-state index contributed by atoms with van der Waals surface area (Å²) in [6.07, 6.45) is 6.88. The van der Waals surface area contributed by atoms with Crippen molar-refractivity contribution in [2.75, 3.05) is 13.9 Å². The second kappa shape index (κ2) is 6.61. The molecule has 0 amide bonds. The van der Waals surface area contributed by atoms with Gasteiger partial charge in [-0.2, -0.15) is 0 Å². The summed E-state index contributed by atoms with van der Waals surface area (Å²) in [6.45, 7) is 0.124. The first-order valence-electron chi connectivity index (χ1n) is 5.47. The minimum atomic E-state index is 0.124. The van der Waals surface area contributed by atoms with Gasteiger partial charge in [0.2, 0.25) is 0 Å². The lowest BCUT2D eigenvalue weighted by atomic mass is 10.2. The van der Waals surface area contributed by atoms with E-state index in [-0.39, 0.29) is 6.79 Å². The molecule has 0 aliphatic heterocycles. The zero-order valence-electron chi connectivity index (χ0n) is 10.2. The van der Waals surface area contributed by atoms with Crippen LogP contribution in [0.2, 0.25) is 10.0 Å². The smallest absolute Gasteiger partial charge is 0.188 e. The molecule has 4 nitrogen and oxygen atoms in total. The Hall–Kier alpha value is -1.49. The van der Waals surface area contributed by atoms with Crippen LogP contribution >= 0.6 is 23.2 Å². The first-order chi connectivity index (χ1) is 9.20. The van der Waals surface area contributed by atoms with Crippen LogP contribution in [0, 0.1) is 0 Å². The van der Waals surface area contributed by atoms with Crippen molar-refractivity contribution in [2.45, 2.75) is 0 Å². The van der Waals surface area contributed by atoms with Crippen molar-refractivity contribution in [3.8, 4) is 0 Å². The lowest BCUT2D eigenvalue weighted by Gasteiger charge is -2.11. The third-order valence-corrected chi connectivity index (χ3v) is 2.87. The third kappa shape index (κ3) is 3.73. The molecule has 1 heterocycles. The van der Waals surface area contributed by atoms with E-state index in [0.29, 0.717) is 15.8 Å². The van der Waals surface area contributed by atoms with E-state index in [9.17, 15) is 0 Å². The Labute approximate surface area is 121 Å². The maximum absolute atomic E-state index is 6.17. The molecule has 0 atom stereocenters. The highest BCUT2D eigenvalue weighted by atomic mass is 35.5. The highest BCUT2D eigenvalue weighted by molar-refractivity contribution is 6.35. The molecule has 0 unspecified atom stereocenters. The van der Waals surface area contributed by atoms with Crippen molar-refractivity contribution in [3.63, 3.8) is 0 Å². The summed E-state index contributed by atoms with van der Waals surface area (Å²) in [7, 11) is 1.55. The molecule has 0 fully saturated rings. The first kappa shape index (κ1) is 13.9. The Morgan fingerprint density at radius 2 is 2.26 bits per heavy atom. The molecule has 1 aromatic carbocycles. The molecule has 6 heteroatoms. The van der Waals surface area contributed by atoms with Gasteiger partial charge in [-0.1, -0.05) is 23.2 Å². The van der Waals surface area contributed by atoms with Gasteiger partial charge >= 0.3 is 0 Å². The Morgan fingerprint density at radius 1 is 1.42 bits per heavy atom. The lowest BCUT2D eigenvalue weighted by Crippen LogP contribution is -1.99. The molecular weight excluding hydrogens is 287 g/mol. The van der Waals surface area contributed by atoms with Gasteiger partial charge in [-0.05, 0) is 18.2 Å². The number of methoxy groups -OCH3 is 1. The summed E-state index contributed by atoms with van der Waals surface area (Å²) in [5, 5.41) is 1.08. The van der Waals surface area contributed by atoms with Crippen LogP contribution in [0.1, 0.15) is 5.56 Å². The number of aromatic nitrogens is 2. The summed E-state index contributed by atoms with van der Waals surface area (Å²) in [4.78, 5) is 3.96. The summed E-state index contributed by atoms with van der Waals surface area (Å²) in [5.41, 5.74) is 0.733. The van der Waals surface area contributed by atoms with Gasteiger partial charge in [0.1, 0.15) is 5.76 Å². The Bertz CT molecular complexity index is 568. The average Bonchev–Trinajstić information content (AvgIpc) is 2.88. The van der Waals surface area contributed by atoms with Gasteiger partial charge in [-0.3, -0.25) is 0 Å². The van der Waals surface area contributed by atoms with Crippen LogP contribution in [0.25, 0.3) is 12.0 Å². The van der Waals surface area contributed by atoms with Crippen LogP contribution < -0.4 is 0 Å². The molecule has 0 saturated heterocycles. The quantitative estimate of drug-likeness (QED) is 0.623. The fourth-order valence-corrected chi connectivity index (χ4v) is 1.98. The topological polar surface area (TPSA) is 36.3 Å². The fraction of sp³-hybridized carbons (Fsp3) is 0.154. The van der Waals surface area contributed by atoms with E-state index in [4.69, 9.17) is 32.7 Å². The molecule has 1 aromatic heterocycles. The van der Waals surface area contributed by atoms with Gasteiger partial charge in [-0.25, -0.2) is 4.98 Å². The van der Waals surface area contributed by atoms with Gasteiger partial charge in [0, 0.05) is 30.1 Å². The monoisotopic (exact) mass is 298 g/mol. The molecule has 0 aliphatic carbocycles. The van der Waals surface area contributed by atoms with Crippen molar-refractivity contribution in [3.05, 3.63) is 52.5 Å². The van der Waals surface area contributed by atoms with E-state index in [2.05, 4.69) is 4.98 Å². The van der Waals surface area contributed by atoms with Crippen molar-refractivity contribution in [1.82, 2.24) is 9.55 Å². The standard InChI is InChI=1S/C13H12Cl2N2O2/c1-18-9-19-13(7-17-5-4-16-8-17)11-3-2-10(14)6-12(11)15/h2-8H,9H2,1H3. The molecular formula is C13H12Cl2N2O2. The maximum atomic E-state index is 6.17. The lowest BCUT2D eigenvalue weighted by molar-refractivity contribution is 0.0322. The third-order valence-electron chi connectivity index (χ3n) is 2.32. The number of imidazole rings is 1. The molecule has 19 heavy (non-hydrogen) atoms. The predicted molar refractivity (Wildman–Crippen MR) is 75.8 cm³/mol. The van der Waals surface area contributed by atoms with Gasteiger partial charge in [-0.15, -0.1) is 0 Å². The average molecular weight is 299 g/mol. The van der Waals surface area contributed by atoms with Crippen LogP contribution in [0.5, 0.6) is 0 Å². The van der Waals surface area contributed by atoms with Crippen LogP contribution in [-0.4, -0.2) is 23.5 Å². The van der Waals surface area contributed by atoms with E-state index in [1.807, 2.05) is 0 Å². The van der Waals surface area contributed by atoms with Crippen LogP contribution in [0.15, 0.2) is 36.9 Å². The fourth-order valence-electron chi connectivity index (χ4n) is 1.48. The number of benzene rings is 1. The zero-order chi connectivity index (χ0) is 13.7. The molecule has 0 aliphatic rings. The number of rotatable bonds is 5. The SMILES string of the molecule is COCOC(=Cn1ccnc1)c1ccc(Cl)cc1Cl. The Kier molecular flexibility index (Phi) is 4.85. The molecule has 0 radical (unpaired) electrons. The van der Waals surface area contributed by atoms with E-state index < -0.39 is 0 Å². The molecule has 0 N–H and O–H groups in total. The van der Waals surface area contributed by atoms with Crippen molar-refractivity contribution in [1.29, 1.82) is 0 Å². The number of hydrogen-bond donors (Lipinski definition) is 0. The van der Waals surface area contributed by atoms with Crippen molar-refractivity contribution in [2.24, 2.45) is 0 Å². The minimum absolute atomic E-state index is 0.124. The van der Waals surface area contributed by atoms with Gasteiger partial charge in [0.25, 0.3) is 0 Å². The number of ether oxygens (including phenoxy) is 2. The van der Waals surface area contributed by atoms with Crippen LogP contribution in [-0.2, 0) is 9.47 Å². The molecule has 0 bridgehead atoms. The first-order valence-corrected chi connectivity index (χ1v) is 6.22. The van der Waals surface area contributed by atoms with E-state index in [1.165, 1.54) is 0 Å². The summed E-state index contributed by atoms with van der Waals surface area (Å²) in [5.74, 6) is 0.571. The van der Waals surface area contributed by atoms with E-state index in [0.717, 1.165) is 5.56 Å². The largest absolute Gasteiger partial charge is 0.465 e. The van der Waals surface area contributed by atoms with Gasteiger partial charge in [0.15, 0.2) is 6.79 Å². The molecule has 2 rings (SSSR count). The number of hydrogen-bond acceptors (Lipinski definition) is 3. The van der Waals surface area contributed by atoms with Crippen molar-refractivity contribution >= 4 is 35.2 Å². The summed E-state index contributed by atoms with van der Waals surface area (Å²) >= 11 is 12.1. The van der Waals surface area contributed by atoms with Gasteiger partial charge in [0.05, 0.1) is 17.5 Å². The second-order valence-electron chi connectivity index (χ2n) is 3.68. The minimum Gasteiger partial charge on any atom is -0.465 e. The molecule has 100 valence electrons.